The molecule has 1 heterocycles. The summed E-state index contributed by atoms with van der Waals surface area (Å²) in [5, 5.41) is 9.24. The third-order valence-electron chi connectivity index (χ3n) is 2.01. The van der Waals surface area contributed by atoms with E-state index < -0.39 is 0 Å². The highest BCUT2D eigenvalue weighted by Crippen LogP contribution is 2.13. The molecule has 14 heavy (non-hydrogen) atoms. The summed E-state index contributed by atoms with van der Waals surface area (Å²) in [6.45, 7) is 2.82. The highest BCUT2D eigenvalue weighted by Gasteiger charge is 1.98. The first kappa shape index (κ1) is 9.15. The SMILES string of the molecule is Cc1ccccc1NCc1csnn1. The van der Waals surface area contributed by atoms with Crippen molar-refractivity contribution in [1.29, 1.82) is 0 Å². The van der Waals surface area contributed by atoms with E-state index in [0.29, 0.717) is 0 Å². The summed E-state index contributed by atoms with van der Waals surface area (Å²) < 4.78 is 3.81. The summed E-state index contributed by atoms with van der Waals surface area (Å²) in [6, 6.07) is 8.20. The van der Waals surface area contributed by atoms with Crippen LogP contribution in [0.3, 0.4) is 0 Å². The standard InChI is InChI=1S/C10H11N3S/c1-8-4-2-3-5-10(8)11-6-9-7-14-13-12-9/h2-5,7,11H,6H2,1H3. The van der Waals surface area contributed by atoms with E-state index in [9.17, 15) is 0 Å². The predicted molar refractivity (Wildman–Crippen MR) is 58.4 cm³/mol. The van der Waals surface area contributed by atoms with Gasteiger partial charge in [0.2, 0.25) is 0 Å². The van der Waals surface area contributed by atoms with Crippen molar-refractivity contribution in [1.82, 2.24) is 9.59 Å². The fourth-order valence-electron chi connectivity index (χ4n) is 1.22. The van der Waals surface area contributed by atoms with Crippen molar-refractivity contribution in [2.45, 2.75) is 13.5 Å². The molecule has 0 aliphatic carbocycles. The molecule has 0 unspecified atom stereocenters. The molecule has 1 N–H and O–H groups in total. The smallest absolute Gasteiger partial charge is 0.0946 e. The van der Waals surface area contributed by atoms with Crippen LogP contribution in [0.2, 0.25) is 0 Å². The molecule has 1 aromatic heterocycles. The first-order valence-electron chi connectivity index (χ1n) is 4.42. The Labute approximate surface area is 87.0 Å². The molecule has 0 atom stereocenters. The molecular formula is C10H11N3S. The number of nitrogens with one attached hydrogen (secondary N) is 1. The third-order valence-corrected chi connectivity index (χ3v) is 2.56. The van der Waals surface area contributed by atoms with E-state index in [2.05, 4.69) is 34.0 Å². The third kappa shape index (κ3) is 2.09. The summed E-state index contributed by atoms with van der Waals surface area (Å²) in [6.07, 6.45) is 0. The van der Waals surface area contributed by atoms with E-state index in [1.54, 1.807) is 0 Å². The summed E-state index contributed by atoms with van der Waals surface area (Å²) in [5.74, 6) is 0. The van der Waals surface area contributed by atoms with Crippen LogP contribution < -0.4 is 5.32 Å². The minimum atomic E-state index is 0.737. The number of rotatable bonds is 3. The molecule has 2 rings (SSSR count). The second kappa shape index (κ2) is 4.19. The van der Waals surface area contributed by atoms with Gasteiger partial charge >= 0.3 is 0 Å². The van der Waals surface area contributed by atoms with Crippen molar-refractivity contribution in [3.05, 3.63) is 40.9 Å². The van der Waals surface area contributed by atoms with Gasteiger partial charge in [0.15, 0.2) is 0 Å². The number of anilines is 1. The zero-order valence-electron chi connectivity index (χ0n) is 7.90. The van der Waals surface area contributed by atoms with Gasteiger partial charge in [-0.15, -0.1) is 5.10 Å². The normalized spacial score (nSPS) is 10.1. The summed E-state index contributed by atoms with van der Waals surface area (Å²) >= 11 is 1.38. The lowest BCUT2D eigenvalue weighted by molar-refractivity contribution is 0.997. The number of nitrogens with zero attached hydrogens (tertiary/aromatic N) is 2. The van der Waals surface area contributed by atoms with Gasteiger partial charge in [-0.3, -0.25) is 0 Å². The Hall–Kier alpha value is -1.42. The van der Waals surface area contributed by atoms with Gasteiger partial charge in [0.25, 0.3) is 0 Å². The molecule has 3 nitrogen and oxygen atoms in total. The van der Waals surface area contributed by atoms with Gasteiger partial charge in [-0.05, 0) is 30.1 Å². The van der Waals surface area contributed by atoms with E-state index in [0.717, 1.165) is 17.9 Å². The minimum absolute atomic E-state index is 0.737. The monoisotopic (exact) mass is 205 g/mol. The lowest BCUT2D eigenvalue weighted by Gasteiger charge is -2.06. The van der Waals surface area contributed by atoms with Crippen LogP contribution in [0.4, 0.5) is 5.69 Å². The minimum Gasteiger partial charge on any atom is -0.379 e. The maximum atomic E-state index is 3.97. The zero-order valence-corrected chi connectivity index (χ0v) is 8.71. The number of para-hydroxylation sites is 1. The van der Waals surface area contributed by atoms with Crippen LogP contribution in [0.25, 0.3) is 0 Å². The number of hydrogen-bond donors (Lipinski definition) is 1. The van der Waals surface area contributed by atoms with Gasteiger partial charge in [-0.25, -0.2) is 0 Å². The molecule has 0 fully saturated rings. The van der Waals surface area contributed by atoms with Crippen LogP contribution in [0.5, 0.6) is 0 Å². The Bertz CT molecular complexity index is 398. The average Bonchev–Trinajstić information content (AvgIpc) is 2.69. The maximum absolute atomic E-state index is 3.97. The van der Waals surface area contributed by atoms with E-state index in [1.807, 2.05) is 17.5 Å². The lowest BCUT2D eigenvalue weighted by atomic mass is 10.2. The fourth-order valence-corrected chi connectivity index (χ4v) is 1.67. The fraction of sp³-hybridized carbons (Fsp3) is 0.200. The Morgan fingerprint density at radius 1 is 1.36 bits per heavy atom. The first-order valence-corrected chi connectivity index (χ1v) is 5.25. The van der Waals surface area contributed by atoms with Crippen molar-refractivity contribution in [3.63, 3.8) is 0 Å². The molecule has 0 aliphatic heterocycles. The summed E-state index contributed by atoms with van der Waals surface area (Å²) in [4.78, 5) is 0. The molecule has 2 aromatic rings. The Balaban J connectivity index is 2.02. The molecule has 0 saturated carbocycles. The second-order valence-electron chi connectivity index (χ2n) is 3.06. The first-order chi connectivity index (χ1) is 6.86. The molecule has 0 spiro atoms. The molecule has 0 aliphatic rings. The molecule has 1 aromatic carbocycles. The van der Waals surface area contributed by atoms with Crippen LogP contribution in [-0.2, 0) is 6.54 Å². The van der Waals surface area contributed by atoms with E-state index in [-0.39, 0.29) is 0 Å². The predicted octanol–water partition coefficient (Wildman–Crippen LogP) is 2.46. The number of benzene rings is 1. The molecule has 0 radical (unpaired) electrons. The molecule has 4 heteroatoms. The number of aromatic nitrogens is 2. The second-order valence-corrected chi connectivity index (χ2v) is 3.67. The molecule has 0 amide bonds. The highest BCUT2D eigenvalue weighted by atomic mass is 32.1. The maximum Gasteiger partial charge on any atom is 0.0946 e. The molecule has 72 valence electrons. The summed E-state index contributed by atoms with van der Waals surface area (Å²) in [7, 11) is 0. The van der Waals surface area contributed by atoms with Crippen molar-refractivity contribution in [2.75, 3.05) is 5.32 Å². The van der Waals surface area contributed by atoms with Gasteiger partial charge in [-0.1, -0.05) is 22.7 Å². The number of hydrogen-bond acceptors (Lipinski definition) is 4. The lowest BCUT2D eigenvalue weighted by Crippen LogP contribution is -2.00. The largest absolute Gasteiger partial charge is 0.379 e. The van der Waals surface area contributed by atoms with Crippen LogP contribution >= 0.6 is 11.5 Å². The van der Waals surface area contributed by atoms with Crippen LogP contribution in [0.1, 0.15) is 11.3 Å². The highest BCUT2D eigenvalue weighted by molar-refractivity contribution is 7.03. The topological polar surface area (TPSA) is 37.8 Å². The van der Waals surface area contributed by atoms with Crippen molar-refractivity contribution >= 4 is 17.2 Å². The van der Waals surface area contributed by atoms with Crippen molar-refractivity contribution < 1.29 is 0 Å². The van der Waals surface area contributed by atoms with E-state index >= 15 is 0 Å². The number of aryl methyl sites for hydroxylation is 1. The van der Waals surface area contributed by atoms with Crippen molar-refractivity contribution in [2.24, 2.45) is 0 Å². The Kier molecular flexibility index (Phi) is 2.74. The zero-order chi connectivity index (χ0) is 9.80. The Morgan fingerprint density at radius 3 is 2.93 bits per heavy atom. The Morgan fingerprint density at radius 2 is 2.21 bits per heavy atom. The van der Waals surface area contributed by atoms with Gasteiger partial charge in [0.1, 0.15) is 0 Å². The molecule has 0 bridgehead atoms. The van der Waals surface area contributed by atoms with Gasteiger partial charge in [0, 0.05) is 11.1 Å². The van der Waals surface area contributed by atoms with Gasteiger partial charge in [0.05, 0.1) is 12.2 Å². The van der Waals surface area contributed by atoms with Crippen molar-refractivity contribution in [3.8, 4) is 0 Å². The van der Waals surface area contributed by atoms with E-state index in [1.165, 1.54) is 17.1 Å². The van der Waals surface area contributed by atoms with E-state index in [4.69, 9.17) is 0 Å². The molecule has 0 saturated heterocycles. The molecular weight excluding hydrogens is 194 g/mol. The average molecular weight is 205 g/mol. The van der Waals surface area contributed by atoms with Crippen LogP contribution in [0, 0.1) is 6.92 Å². The summed E-state index contributed by atoms with van der Waals surface area (Å²) in [5.41, 5.74) is 3.38. The van der Waals surface area contributed by atoms with Crippen LogP contribution in [-0.4, -0.2) is 9.59 Å². The van der Waals surface area contributed by atoms with Crippen LogP contribution in [0.15, 0.2) is 29.6 Å². The van der Waals surface area contributed by atoms with Gasteiger partial charge in [-0.2, -0.15) is 0 Å². The van der Waals surface area contributed by atoms with Gasteiger partial charge < -0.3 is 5.32 Å². The quantitative estimate of drug-likeness (QED) is 0.836.